The Morgan fingerprint density at radius 3 is 2.50 bits per heavy atom. The van der Waals surface area contributed by atoms with Crippen molar-refractivity contribution < 1.29 is 13.6 Å². The maximum Gasteiger partial charge on any atom is 0.187 e. The highest BCUT2D eigenvalue weighted by Crippen LogP contribution is 2.25. The Balaban J connectivity index is 2.49. The number of halogens is 2. The molecule has 0 aliphatic heterocycles. The number of nitriles is 1. The number of aryl methyl sites for hydroxylation is 1. The van der Waals surface area contributed by atoms with Gasteiger partial charge in [0.05, 0.1) is 11.6 Å². The van der Waals surface area contributed by atoms with Gasteiger partial charge in [-0.05, 0) is 24.6 Å². The molecule has 2 nitrogen and oxygen atoms in total. The minimum atomic E-state index is -1.35. The van der Waals surface area contributed by atoms with Crippen molar-refractivity contribution in [3.8, 4) is 6.07 Å². The second-order valence-corrected chi connectivity index (χ2v) is 4.38. The Morgan fingerprint density at radius 1 is 1.15 bits per heavy atom. The smallest absolute Gasteiger partial charge is 0.187 e. The summed E-state index contributed by atoms with van der Waals surface area (Å²) in [5.74, 6) is -3.42. The molecule has 0 N–H and O–H groups in total. The predicted molar refractivity (Wildman–Crippen MR) is 70.2 cm³/mol. The standard InChI is InChI=1S/C16H11F2NO/c1-10-5-4-7-12(15(10)18)16(20)13(9-19)11-6-2-3-8-14(11)17/h2-8,13H,1H3. The monoisotopic (exact) mass is 271 g/mol. The first-order valence-corrected chi connectivity index (χ1v) is 5.99. The average molecular weight is 271 g/mol. The van der Waals surface area contributed by atoms with Crippen molar-refractivity contribution in [3.05, 3.63) is 70.8 Å². The molecule has 0 fully saturated rings. The zero-order chi connectivity index (χ0) is 14.7. The number of Topliss-reactive ketones (excluding diaryl/α,β-unsaturated/α-hetero) is 1. The lowest BCUT2D eigenvalue weighted by molar-refractivity contribution is 0.0973. The number of hydrogen-bond donors (Lipinski definition) is 0. The lowest BCUT2D eigenvalue weighted by atomic mass is 9.90. The third kappa shape index (κ3) is 2.43. The van der Waals surface area contributed by atoms with E-state index in [1.165, 1.54) is 49.4 Å². The summed E-state index contributed by atoms with van der Waals surface area (Å²) >= 11 is 0. The molecule has 0 spiro atoms. The second-order valence-electron chi connectivity index (χ2n) is 4.38. The number of carbonyl (C=O) groups is 1. The van der Waals surface area contributed by atoms with Gasteiger partial charge < -0.3 is 0 Å². The topological polar surface area (TPSA) is 40.9 Å². The van der Waals surface area contributed by atoms with E-state index in [4.69, 9.17) is 5.26 Å². The number of nitrogens with zero attached hydrogens (tertiary/aromatic N) is 1. The molecular weight excluding hydrogens is 260 g/mol. The van der Waals surface area contributed by atoms with Crippen LogP contribution in [-0.2, 0) is 0 Å². The highest BCUT2D eigenvalue weighted by Gasteiger charge is 2.26. The number of carbonyl (C=O) groups excluding carboxylic acids is 1. The molecule has 0 amide bonds. The Labute approximate surface area is 115 Å². The van der Waals surface area contributed by atoms with Gasteiger partial charge in [-0.1, -0.05) is 30.3 Å². The van der Waals surface area contributed by atoms with E-state index in [9.17, 15) is 13.6 Å². The van der Waals surface area contributed by atoms with Gasteiger partial charge in [-0.15, -0.1) is 0 Å². The zero-order valence-corrected chi connectivity index (χ0v) is 10.7. The van der Waals surface area contributed by atoms with Gasteiger partial charge >= 0.3 is 0 Å². The normalized spacial score (nSPS) is 11.7. The number of rotatable bonds is 3. The van der Waals surface area contributed by atoms with Crippen LogP contribution in [0, 0.1) is 29.9 Å². The van der Waals surface area contributed by atoms with Crippen LogP contribution in [0.3, 0.4) is 0 Å². The van der Waals surface area contributed by atoms with Crippen LogP contribution in [-0.4, -0.2) is 5.78 Å². The summed E-state index contributed by atoms with van der Waals surface area (Å²) in [6.45, 7) is 1.52. The van der Waals surface area contributed by atoms with E-state index >= 15 is 0 Å². The number of ketones is 1. The van der Waals surface area contributed by atoms with Crippen LogP contribution in [0.1, 0.15) is 27.4 Å². The summed E-state index contributed by atoms with van der Waals surface area (Å²) in [5.41, 5.74) is 0.0711. The van der Waals surface area contributed by atoms with Crippen LogP contribution in [0.4, 0.5) is 8.78 Å². The molecule has 0 aromatic heterocycles. The Morgan fingerprint density at radius 2 is 1.85 bits per heavy atom. The first-order valence-electron chi connectivity index (χ1n) is 5.99. The molecule has 20 heavy (non-hydrogen) atoms. The van der Waals surface area contributed by atoms with Crippen molar-refractivity contribution in [2.24, 2.45) is 0 Å². The molecule has 0 aliphatic carbocycles. The fraction of sp³-hybridized carbons (Fsp3) is 0.125. The molecule has 4 heteroatoms. The van der Waals surface area contributed by atoms with E-state index in [1.54, 1.807) is 6.07 Å². The van der Waals surface area contributed by atoms with Crippen LogP contribution in [0.25, 0.3) is 0 Å². The summed E-state index contributed by atoms with van der Waals surface area (Å²) in [5, 5.41) is 9.14. The minimum absolute atomic E-state index is 0.0408. The SMILES string of the molecule is Cc1cccc(C(=O)C(C#N)c2ccccc2F)c1F. The molecule has 0 aliphatic rings. The van der Waals surface area contributed by atoms with E-state index in [0.717, 1.165) is 0 Å². The van der Waals surface area contributed by atoms with Crippen LogP contribution in [0.5, 0.6) is 0 Å². The summed E-state index contributed by atoms with van der Waals surface area (Å²) in [7, 11) is 0. The molecule has 0 heterocycles. The van der Waals surface area contributed by atoms with Gasteiger partial charge in [0.1, 0.15) is 17.6 Å². The molecule has 100 valence electrons. The predicted octanol–water partition coefficient (Wildman–Crippen LogP) is 3.76. The van der Waals surface area contributed by atoms with Crippen LogP contribution < -0.4 is 0 Å². The van der Waals surface area contributed by atoms with Crippen molar-refractivity contribution in [2.45, 2.75) is 12.8 Å². The van der Waals surface area contributed by atoms with E-state index in [0.29, 0.717) is 5.56 Å². The van der Waals surface area contributed by atoms with E-state index in [-0.39, 0.29) is 11.1 Å². The summed E-state index contributed by atoms with van der Waals surface area (Å²) < 4.78 is 27.6. The first-order chi connectivity index (χ1) is 9.56. The maximum atomic E-state index is 13.9. The molecule has 0 saturated heterocycles. The fourth-order valence-electron chi connectivity index (χ4n) is 1.97. The van der Waals surface area contributed by atoms with Gasteiger partial charge in [-0.3, -0.25) is 4.79 Å². The minimum Gasteiger partial charge on any atom is -0.292 e. The Bertz CT molecular complexity index is 704. The van der Waals surface area contributed by atoms with E-state index < -0.39 is 23.3 Å². The van der Waals surface area contributed by atoms with Crippen LogP contribution in [0.2, 0.25) is 0 Å². The maximum absolute atomic E-state index is 13.9. The van der Waals surface area contributed by atoms with Gasteiger partial charge in [0.15, 0.2) is 5.78 Å². The first kappa shape index (κ1) is 13.9. The lowest BCUT2D eigenvalue weighted by Crippen LogP contribution is -2.14. The molecule has 0 bridgehead atoms. The van der Waals surface area contributed by atoms with Crippen molar-refractivity contribution >= 4 is 5.78 Å². The molecule has 2 aromatic rings. The van der Waals surface area contributed by atoms with Crippen LogP contribution >= 0.6 is 0 Å². The molecule has 2 rings (SSSR count). The van der Waals surface area contributed by atoms with E-state index in [2.05, 4.69) is 0 Å². The van der Waals surface area contributed by atoms with Gasteiger partial charge in [-0.25, -0.2) is 8.78 Å². The molecule has 2 aromatic carbocycles. The highest BCUT2D eigenvalue weighted by atomic mass is 19.1. The molecule has 0 radical (unpaired) electrons. The quantitative estimate of drug-likeness (QED) is 0.797. The number of hydrogen-bond acceptors (Lipinski definition) is 2. The van der Waals surface area contributed by atoms with Gasteiger partial charge in [0.2, 0.25) is 0 Å². The van der Waals surface area contributed by atoms with Crippen molar-refractivity contribution in [1.29, 1.82) is 5.26 Å². The largest absolute Gasteiger partial charge is 0.292 e. The third-order valence-electron chi connectivity index (χ3n) is 3.06. The van der Waals surface area contributed by atoms with Crippen molar-refractivity contribution in [3.63, 3.8) is 0 Å². The van der Waals surface area contributed by atoms with Gasteiger partial charge in [0.25, 0.3) is 0 Å². The zero-order valence-electron chi connectivity index (χ0n) is 10.7. The molecule has 1 atom stereocenters. The molecule has 0 saturated carbocycles. The van der Waals surface area contributed by atoms with Gasteiger partial charge in [-0.2, -0.15) is 5.26 Å². The lowest BCUT2D eigenvalue weighted by Gasteiger charge is -2.11. The highest BCUT2D eigenvalue weighted by molar-refractivity contribution is 6.03. The van der Waals surface area contributed by atoms with Gasteiger partial charge in [0, 0.05) is 5.56 Å². The average Bonchev–Trinajstić information content (AvgIpc) is 2.44. The molecule has 1 unspecified atom stereocenters. The van der Waals surface area contributed by atoms with Crippen molar-refractivity contribution in [2.75, 3.05) is 0 Å². The van der Waals surface area contributed by atoms with Crippen LogP contribution in [0.15, 0.2) is 42.5 Å². The fourth-order valence-corrected chi connectivity index (χ4v) is 1.97. The second kappa shape index (κ2) is 5.62. The Hall–Kier alpha value is -2.54. The number of benzene rings is 2. The van der Waals surface area contributed by atoms with E-state index in [1.807, 2.05) is 0 Å². The summed E-state index contributed by atoms with van der Waals surface area (Å²) in [6, 6.07) is 11.6. The summed E-state index contributed by atoms with van der Waals surface area (Å²) in [6.07, 6.45) is 0. The molecular formula is C16H11F2NO. The van der Waals surface area contributed by atoms with Crippen molar-refractivity contribution in [1.82, 2.24) is 0 Å². The third-order valence-corrected chi connectivity index (χ3v) is 3.06. The Kier molecular flexibility index (Phi) is 3.90. The summed E-state index contributed by atoms with van der Waals surface area (Å²) in [4.78, 5) is 12.3.